The first-order chi connectivity index (χ1) is 8.85. The topological polar surface area (TPSA) is 98.5 Å². The van der Waals surface area contributed by atoms with E-state index < -0.39 is 28.2 Å². The van der Waals surface area contributed by atoms with Gasteiger partial charge in [-0.15, -0.1) is 0 Å². The average Bonchev–Trinajstić information content (AvgIpc) is 2.36. The van der Waals surface area contributed by atoms with Crippen LogP contribution < -0.4 is 0 Å². The van der Waals surface area contributed by atoms with Crippen molar-refractivity contribution in [3.05, 3.63) is 35.4 Å². The quantitative estimate of drug-likeness (QED) is 0.831. The fourth-order valence-corrected chi connectivity index (χ4v) is 2.56. The first-order valence-electron chi connectivity index (χ1n) is 5.50. The molecule has 19 heavy (non-hydrogen) atoms. The fraction of sp³-hybridized carbons (Fsp3) is 0.333. The van der Waals surface area contributed by atoms with Crippen molar-refractivity contribution in [2.75, 3.05) is 12.8 Å². The van der Waals surface area contributed by atoms with E-state index in [1.807, 2.05) is 6.07 Å². The summed E-state index contributed by atoms with van der Waals surface area (Å²) in [6.45, 7) is 0.109. The minimum Gasteiger partial charge on any atom is -0.481 e. The van der Waals surface area contributed by atoms with Gasteiger partial charge in [-0.2, -0.15) is 5.26 Å². The van der Waals surface area contributed by atoms with Gasteiger partial charge in [-0.3, -0.25) is 4.79 Å². The standard InChI is InChI=1S/C12H14N2O4S/c1-14(19(17,18)6-5-12(15)16)9-11-4-2-3-10(7-11)8-13/h2-4,7H,5-6,9H2,1H3,(H,15,16). The maximum atomic E-state index is 11.8. The summed E-state index contributed by atoms with van der Waals surface area (Å²) >= 11 is 0. The molecule has 0 aromatic heterocycles. The van der Waals surface area contributed by atoms with Crippen LogP contribution >= 0.6 is 0 Å². The monoisotopic (exact) mass is 282 g/mol. The van der Waals surface area contributed by atoms with Gasteiger partial charge in [-0.1, -0.05) is 12.1 Å². The molecule has 0 fully saturated rings. The van der Waals surface area contributed by atoms with E-state index in [2.05, 4.69) is 0 Å². The highest BCUT2D eigenvalue weighted by molar-refractivity contribution is 7.89. The van der Waals surface area contributed by atoms with Crippen molar-refractivity contribution >= 4 is 16.0 Å². The predicted molar refractivity (Wildman–Crippen MR) is 68.7 cm³/mol. The number of carboxylic acids is 1. The third-order valence-corrected chi connectivity index (χ3v) is 4.31. The van der Waals surface area contributed by atoms with Gasteiger partial charge in [0, 0.05) is 13.6 Å². The number of carbonyl (C=O) groups is 1. The summed E-state index contributed by atoms with van der Waals surface area (Å²) in [6.07, 6.45) is -0.426. The van der Waals surface area contributed by atoms with E-state index in [9.17, 15) is 13.2 Å². The van der Waals surface area contributed by atoms with Gasteiger partial charge in [0.15, 0.2) is 0 Å². The number of nitrogens with zero attached hydrogens (tertiary/aromatic N) is 2. The molecule has 0 saturated heterocycles. The lowest BCUT2D eigenvalue weighted by atomic mass is 10.1. The molecular weight excluding hydrogens is 268 g/mol. The molecule has 1 rings (SSSR count). The smallest absolute Gasteiger partial charge is 0.304 e. The zero-order valence-corrected chi connectivity index (χ0v) is 11.2. The normalized spacial score (nSPS) is 11.2. The summed E-state index contributed by atoms with van der Waals surface area (Å²) in [5.74, 6) is -1.58. The Kier molecular flexibility index (Phi) is 5.03. The molecule has 0 unspecified atom stereocenters. The van der Waals surface area contributed by atoms with Gasteiger partial charge in [0.05, 0.1) is 23.8 Å². The van der Waals surface area contributed by atoms with E-state index in [1.54, 1.807) is 24.3 Å². The Morgan fingerprint density at radius 1 is 1.47 bits per heavy atom. The van der Waals surface area contributed by atoms with Crippen molar-refractivity contribution in [2.45, 2.75) is 13.0 Å². The third-order valence-electron chi connectivity index (χ3n) is 2.51. The predicted octanol–water partition coefficient (Wildman–Crippen LogP) is 0.795. The number of carboxylic acid groups (broad SMARTS) is 1. The van der Waals surface area contributed by atoms with Crippen LogP contribution in [0, 0.1) is 11.3 Å². The van der Waals surface area contributed by atoms with Crippen LogP contribution in [0.25, 0.3) is 0 Å². The minimum absolute atomic E-state index is 0.109. The summed E-state index contributed by atoms with van der Waals surface area (Å²) in [7, 11) is -2.22. The first-order valence-corrected chi connectivity index (χ1v) is 7.11. The second-order valence-electron chi connectivity index (χ2n) is 4.03. The maximum absolute atomic E-state index is 11.8. The van der Waals surface area contributed by atoms with Crippen molar-refractivity contribution in [3.8, 4) is 6.07 Å². The minimum atomic E-state index is -3.60. The van der Waals surface area contributed by atoms with Crippen LogP contribution in [0.2, 0.25) is 0 Å². The molecule has 1 aromatic rings. The average molecular weight is 282 g/mol. The Balaban J connectivity index is 2.75. The number of aliphatic carboxylic acids is 1. The summed E-state index contributed by atoms with van der Waals surface area (Å²) in [5, 5.41) is 17.3. The lowest BCUT2D eigenvalue weighted by Gasteiger charge is -2.16. The first kappa shape index (κ1) is 15.1. The molecule has 102 valence electrons. The molecule has 0 amide bonds. The number of sulfonamides is 1. The Hall–Kier alpha value is -1.91. The largest absolute Gasteiger partial charge is 0.481 e. The number of hydrogen-bond donors (Lipinski definition) is 1. The van der Waals surface area contributed by atoms with Crippen LogP contribution in [0.3, 0.4) is 0 Å². The highest BCUT2D eigenvalue weighted by atomic mass is 32.2. The second-order valence-corrected chi connectivity index (χ2v) is 6.22. The molecule has 0 aliphatic heterocycles. The lowest BCUT2D eigenvalue weighted by Crippen LogP contribution is -2.29. The Morgan fingerprint density at radius 3 is 2.74 bits per heavy atom. The van der Waals surface area contributed by atoms with Gasteiger partial charge in [0.25, 0.3) is 0 Å². The van der Waals surface area contributed by atoms with Gasteiger partial charge < -0.3 is 5.11 Å². The zero-order valence-electron chi connectivity index (χ0n) is 10.4. The molecule has 7 heteroatoms. The summed E-state index contributed by atoms with van der Waals surface area (Å²) in [5.41, 5.74) is 1.13. The molecule has 0 aliphatic rings. The SMILES string of the molecule is CN(Cc1cccc(C#N)c1)S(=O)(=O)CCC(=O)O. The van der Waals surface area contributed by atoms with Crippen LogP contribution in [-0.2, 0) is 21.4 Å². The lowest BCUT2D eigenvalue weighted by molar-refractivity contribution is -0.136. The van der Waals surface area contributed by atoms with E-state index in [1.165, 1.54) is 7.05 Å². The summed E-state index contributed by atoms with van der Waals surface area (Å²) in [6, 6.07) is 8.59. The van der Waals surface area contributed by atoms with Crippen LogP contribution in [0.15, 0.2) is 24.3 Å². The van der Waals surface area contributed by atoms with Crippen molar-refractivity contribution < 1.29 is 18.3 Å². The Labute approximate surface area is 111 Å². The number of rotatable bonds is 6. The summed E-state index contributed by atoms with van der Waals surface area (Å²) in [4.78, 5) is 10.4. The van der Waals surface area contributed by atoms with E-state index in [4.69, 9.17) is 10.4 Å². The van der Waals surface area contributed by atoms with E-state index >= 15 is 0 Å². The highest BCUT2D eigenvalue weighted by Crippen LogP contribution is 2.10. The highest BCUT2D eigenvalue weighted by Gasteiger charge is 2.19. The van der Waals surface area contributed by atoms with Crippen molar-refractivity contribution in [1.82, 2.24) is 4.31 Å². The molecule has 0 radical (unpaired) electrons. The van der Waals surface area contributed by atoms with Gasteiger partial charge >= 0.3 is 5.97 Å². The molecule has 0 saturated carbocycles. The molecule has 0 aliphatic carbocycles. The molecule has 0 heterocycles. The number of hydrogen-bond acceptors (Lipinski definition) is 4. The van der Waals surface area contributed by atoms with Gasteiger partial charge in [-0.25, -0.2) is 12.7 Å². The van der Waals surface area contributed by atoms with E-state index in [-0.39, 0.29) is 6.54 Å². The van der Waals surface area contributed by atoms with Gasteiger partial charge in [0.1, 0.15) is 0 Å². The molecular formula is C12H14N2O4S. The third kappa shape index (κ3) is 4.69. The van der Waals surface area contributed by atoms with Crippen molar-refractivity contribution in [3.63, 3.8) is 0 Å². The van der Waals surface area contributed by atoms with E-state index in [0.29, 0.717) is 11.1 Å². The molecule has 6 nitrogen and oxygen atoms in total. The molecule has 0 bridgehead atoms. The second kappa shape index (κ2) is 6.31. The number of nitriles is 1. The van der Waals surface area contributed by atoms with Crippen LogP contribution in [0.1, 0.15) is 17.5 Å². The Morgan fingerprint density at radius 2 is 2.16 bits per heavy atom. The zero-order chi connectivity index (χ0) is 14.5. The molecule has 0 spiro atoms. The molecule has 1 N–H and O–H groups in total. The van der Waals surface area contributed by atoms with Crippen LogP contribution in [-0.4, -0.2) is 36.6 Å². The summed E-state index contributed by atoms with van der Waals surface area (Å²) < 4.78 is 24.7. The van der Waals surface area contributed by atoms with E-state index in [0.717, 1.165) is 4.31 Å². The van der Waals surface area contributed by atoms with Crippen molar-refractivity contribution in [2.24, 2.45) is 0 Å². The van der Waals surface area contributed by atoms with Crippen LogP contribution in [0.5, 0.6) is 0 Å². The maximum Gasteiger partial charge on any atom is 0.304 e. The van der Waals surface area contributed by atoms with Gasteiger partial charge in [0.2, 0.25) is 10.0 Å². The Bertz CT molecular complexity index is 604. The fourth-order valence-electron chi connectivity index (χ4n) is 1.47. The van der Waals surface area contributed by atoms with Crippen LogP contribution in [0.4, 0.5) is 0 Å². The molecule has 1 aromatic carbocycles. The molecule has 0 atom stereocenters. The number of benzene rings is 1. The van der Waals surface area contributed by atoms with Crippen molar-refractivity contribution in [1.29, 1.82) is 5.26 Å². The van der Waals surface area contributed by atoms with Gasteiger partial charge in [-0.05, 0) is 17.7 Å².